The Hall–Kier alpha value is -0.540. The summed E-state index contributed by atoms with van der Waals surface area (Å²) in [7, 11) is 1.91. The molecule has 18 heavy (non-hydrogen) atoms. The molecule has 2 rings (SSSR count). The van der Waals surface area contributed by atoms with E-state index >= 15 is 0 Å². The van der Waals surface area contributed by atoms with E-state index in [4.69, 9.17) is 11.6 Å². The summed E-state index contributed by atoms with van der Waals surface area (Å²) < 4.78 is 1.82. The van der Waals surface area contributed by atoms with Gasteiger partial charge in [0.2, 0.25) is 0 Å². The van der Waals surface area contributed by atoms with Gasteiger partial charge in [-0.3, -0.25) is 4.68 Å². The molecule has 1 aliphatic rings. The first kappa shape index (κ1) is 13.9. The molecule has 0 bridgehead atoms. The average molecular weight is 271 g/mol. The summed E-state index contributed by atoms with van der Waals surface area (Å²) in [5.41, 5.74) is 1.90. The number of rotatable bonds is 5. The molecule has 0 saturated heterocycles. The van der Waals surface area contributed by atoms with Crippen LogP contribution in [0.15, 0.2) is 0 Å². The fraction of sp³-hybridized carbons (Fsp3) is 0.786. The number of hydrogen-bond donors (Lipinski definition) is 1. The van der Waals surface area contributed by atoms with E-state index in [0.29, 0.717) is 12.3 Å². The monoisotopic (exact) mass is 270 g/mol. The van der Waals surface area contributed by atoms with Crippen molar-refractivity contribution in [2.75, 3.05) is 0 Å². The Morgan fingerprint density at radius 3 is 2.67 bits per heavy atom. The molecule has 0 aromatic carbocycles. The highest BCUT2D eigenvalue weighted by molar-refractivity contribution is 6.31. The molecule has 1 heterocycles. The van der Waals surface area contributed by atoms with E-state index in [0.717, 1.165) is 29.3 Å². The maximum absolute atomic E-state index is 10.2. The van der Waals surface area contributed by atoms with Gasteiger partial charge < -0.3 is 5.11 Å². The summed E-state index contributed by atoms with van der Waals surface area (Å²) >= 11 is 6.30. The standard InChI is InChI=1S/C14H23ClN2O/c1-3-12-14(15)13(17(2)16-12)9-11(18)8-10-6-4-5-7-10/h10-11,18H,3-9H2,1-2H3. The Kier molecular flexibility index (Phi) is 4.68. The van der Waals surface area contributed by atoms with Crippen LogP contribution in [0.3, 0.4) is 0 Å². The van der Waals surface area contributed by atoms with Gasteiger partial charge in [-0.2, -0.15) is 5.10 Å². The number of nitrogens with zero attached hydrogens (tertiary/aromatic N) is 2. The number of aryl methyl sites for hydroxylation is 2. The van der Waals surface area contributed by atoms with Crippen molar-refractivity contribution in [2.24, 2.45) is 13.0 Å². The third-order valence-corrected chi connectivity index (χ3v) is 4.45. The molecule has 0 aliphatic heterocycles. The molecule has 1 aromatic rings. The van der Waals surface area contributed by atoms with E-state index in [-0.39, 0.29) is 6.10 Å². The molecular weight excluding hydrogens is 248 g/mol. The van der Waals surface area contributed by atoms with Crippen molar-refractivity contribution in [1.29, 1.82) is 0 Å². The Bertz CT molecular complexity index is 397. The lowest BCUT2D eigenvalue weighted by molar-refractivity contribution is 0.141. The van der Waals surface area contributed by atoms with E-state index in [9.17, 15) is 5.11 Å². The number of hydrogen-bond acceptors (Lipinski definition) is 2. The minimum absolute atomic E-state index is 0.286. The fourth-order valence-corrected chi connectivity index (χ4v) is 3.35. The molecule has 3 nitrogen and oxygen atoms in total. The first-order chi connectivity index (χ1) is 8.61. The van der Waals surface area contributed by atoms with Crippen LogP contribution in [0.2, 0.25) is 5.02 Å². The second-order valence-corrected chi connectivity index (χ2v) is 5.81. The third-order valence-electron chi connectivity index (χ3n) is 4.01. The van der Waals surface area contributed by atoms with Gasteiger partial charge in [0.15, 0.2) is 0 Å². The number of aliphatic hydroxyl groups excluding tert-OH is 1. The number of halogens is 1. The Balaban J connectivity index is 1.97. The van der Waals surface area contributed by atoms with Crippen molar-refractivity contribution in [3.05, 3.63) is 16.4 Å². The highest BCUT2D eigenvalue weighted by Crippen LogP contribution is 2.30. The lowest BCUT2D eigenvalue weighted by Crippen LogP contribution is -2.17. The van der Waals surface area contributed by atoms with Gasteiger partial charge >= 0.3 is 0 Å². The lowest BCUT2D eigenvalue weighted by Gasteiger charge is -2.15. The maximum atomic E-state index is 10.2. The zero-order valence-electron chi connectivity index (χ0n) is 11.3. The van der Waals surface area contributed by atoms with E-state index in [2.05, 4.69) is 5.10 Å². The van der Waals surface area contributed by atoms with Gasteiger partial charge in [0.1, 0.15) is 0 Å². The molecule has 1 aromatic heterocycles. The van der Waals surface area contributed by atoms with Crippen LogP contribution in [0.1, 0.15) is 50.4 Å². The van der Waals surface area contributed by atoms with E-state index in [1.54, 1.807) is 0 Å². The summed E-state index contributed by atoms with van der Waals surface area (Å²) in [6.45, 7) is 2.05. The van der Waals surface area contributed by atoms with E-state index in [1.807, 2.05) is 18.7 Å². The van der Waals surface area contributed by atoms with Crippen molar-refractivity contribution in [3.8, 4) is 0 Å². The topological polar surface area (TPSA) is 38.0 Å². The zero-order chi connectivity index (χ0) is 13.1. The van der Waals surface area contributed by atoms with Crippen molar-refractivity contribution in [3.63, 3.8) is 0 Å². The minimum atomic E-state index is -0.286. The lowest BCUT2D eigenvalue weighted by atomic mass is 9.97. The SMILES string of the molecule is CCc1nn(C)c(CC(O)CC2CCCC2)c1Cl. The molecule has 0 spiro atoms. The molecular formula is C14H23ClN2O. The Morgan fingerprint density at radius 1 is 1.44 bits per heavy atom. The molecule has 1 atom stereocenters. The fourth-order valence-electron chi connectivity index (χ4n) is 2.98. The quantitative estimate of drug-likeness (QED) is 0.893. The molecule has 1 unspecified atom stereocenters. The summed E-state index contributed by atoms with van der Waals surface area (Å²) in [6.07, 6.45) is 7.28. The molecule has 1 saturated carbocycles. The maximum Gasteiger partial charge on any atom is 0.0850 e. The zero-order valence-corrected chi connectivity index (χ0v) is 12.1. The highest BCUT2D eigenvalue weighted by atomic mass is 35.5. The third kappa shape index (κ3) is 3.07. The summed E-state index contributed by atoms with van der Waals surface area (Å²) in [5.74, 6) is 0.706. The smallest absolute Gasteiger partial charge is 0.0850 e. The molecule has 1 aliphatic carbocycles. The first-order valence-electron chi connectivity index (χ1n) is 7.00. The predicted octanol–water partition coefficient (Wildman–Crippen LogP) is 3.12. The largest absolute Gasteiger partial charge is 0.393 e. The average Bonchev–Trinajstić information content (AvgIpc) is 2.92. The molecule has 4 heteroatoms. The summed E-state index contributed by atoms with van der Waals surface area (Å²) in [5, 5.41) is 15.3. The van der Waals surface area contributed by atoms with Crippen LogP contribution in [-0.2, 0) is 19.9 Å². The van der Waals surface area contributed by atoms with Crippen molar-refractivity contribution in [1.82, 2.24) is 9.78 Å². The predicted molar refractivity (Wildman–Crippen MR) is 73.9 cm³/mol. The summed E-state index contributed by atoms with van der Waals surface area (Å²) in [6, 6.07) is 0. The van der Waals surface area contributed by atoms with Gasteiger partial charge in [-0.05, 0) is 18.8 Å². The summed E-state index contributed by atoms with van der Waals surface area (Å²) in [4.78, 5) is 0. The molecule has 1 fully saturated rings. The van der Waals surface area contributed by atoms with Crippen molar-refractivity contribution < 1.29 is 5.11 Å². The highest BCUT2D eigenvalue weighted by Gasteiger charge is 2.21. The second-order valence-electron chi connectivity index (χ2n) is 5.43. The van der Waals surface area contributed by atoms with Crippen LogP contribution in [0.25, 0.3) is 0 Å². The first-order valence-corrected chi connectivity index (χ1v) is 7.38. The van der Waals surface area contributed by atoms with Gasteiger partial charge in [-0.1, -0.05) is 44.2 Å². The van der Waals surface area contributed by atoms with Crippen LogP contribution in [0, 0.1) is 5.92 Å². The Morgan fingerprint density at radius 2 is 2.11 bits per heavy atom. The van der Waals surface area contributed by atoms with Crippen LogP contribution < -0.4 is 0 Å². The molecule has 0 amide bonds. The van der Waals surface area contributed by atoms with Gasteiger partial charge in [-0.25, -0.2) is 0 Å². The minimum Gasteiger partial charge on any atom is -0.393 e. The molecule has 1 N–H and O–H groups in total. The molecule has 0 radical (unpaired) electrons. The number of aromatic nitrogens is 2. The van der Waals surface area contributed by atoms with Gasteiger partial charge in [0.05, 0.1) is 22.5 Å². The van der Waals surface area contributed by atoms with Crippen LogP contribution in [0.4, 0.5) is 0 Å². The molecule has 102 valence electrons. The van der Waals surface area contributed by atoms with Crippen molar-refractivity contribution >= 4 is 11.6 Å². The Labute approximate surface area is 114 Å². The van der Waals surface area contributed by atoms with Gasteiger partial charge in [0.25, 0.3) is 0 Å². The van der Waals surface area contributed by atoms with E-state index in [1.165, 1.54) is 25.7 Å². The van der Waals surface area contributed by atoms with Gasteiger partial charge in [-0.15, -0.1) is 0 Å². The normalized spacial score (nSPS) is 18.4. The van der Waals surface area contributed by atoms with Crippen LogP contribution in [-0.4, -0.2) is 21.0 Å². The van der Waals surface area contributed by atoms with Crippen molar-refractivity contribution in [2.45, 2.75) is 58.0 Å². The second kappa shape index (κ2) is 6.07. The van der Waals surface area contributed by atoms with Crippen LogP contribution in [0.5, 0.6) is 0 Å². The van der Waals surface area contributed by atoms with Crippen LogP contribution >= 0.6 is 11.6 Å². The number of aliphatic hydroxyl groups is 1. The van der Waals surface area contributed by atoms with E-state index < -0.39 is 0 Å². The van der Waals surface area contributed by atoms with Gasteiger partial charge in [0, 0.05) is 13.5 Å².